The molecule has 1 fully saturated rings. The van der Waals surface area contributed by atoms with Crippen molar-refractivity contribution in [2.75, 3.05) is 6.54 Å². The lowest BCUT2D eigenvalue weighted by Crippen LogP contribution is -2.37. The summed E-state index contributed by atoms with van der Waals surface area (Å²) in [6, 6.07) is 16.3. The third-order valence-electron chi connectivity index (χ3n) is 5.41. The molecule has 1 atom stereocenters. The molecule has 4 rings (SSSR count). The number of amides is 1. The average molecular weight is 459 g/mol. The maximum atomic E-state index is 13.5. The van der Waals surface area contributed by atoms with E-state index in [1.54, 1.807) is 23.1 Å². The van der Waals surface area contributed by atoms with Crippen LogP contribution in [0.3, 0.4) is 0 Å². The first-order valence-electron chi connectivity index (χ1n) is 10.1. The van der Waals surface area contributed by atoms with Crippen LogP contribution in [-0.4, -0.2) is 31.8 Å². The standard InChI is InChI=1S/C23H23FN2O3S2/c24-19-7-1-5-17(13-19)14-20-8-3-11-26(20)23(27)18-6-2-10-22(15-18)31(28,29)25-16-21-9-4-12-30-21/h1-2,4-7,9-10,12-13,15,20,25H,3,8,11,14,16H2. The van der Waals surface area contributed by atoms with Gasteiger partial charge in [-0.05, 0) is 66.6 Å². The van der Waals surface area contributed by atoms with Gasteiger partial charge in [0.15, 0.2) is 0 Å². The molecule has 31 heavy (non-hydrogen) atoms. The van der Waals surface area contributed by atoms with Gasteiger partial charge in [0.2, 0.25) is 10.0 Å². The topological polar surface area (TPSA) is 66.5 Å². The Kier molecular flexibility index (Phi) is 6.50. The number of hydrogen-bond acceptors (Lipinski definition) is 4. The molecule has 1 aliphatic rings. The van der Waals surface area contributed by atoms with Crippen LogP contribution in [0.15, 0.2) is 70.9 Å². The Labute approximate surface area is 185 Å². The summed E-state index contributed by atoms with van der Waals surface area (Å²) in [5.41, 5.74) is 1.18. The van der Waals surface area contributed by atoms with Crippen molar-refractivity contribution in [3.63, 3.8) is 0 Å². The Morgan fingerprint density at radius 1 is 1.13 bits per heavy atom. The van der Waals surface area contributed by atoms with E-state index in [1.807, 2.05) is 23.6 Å². The van der Waals surface area contributed by atoms with Crippen LogP contribution < -0.4 is 4.72 Å². The van der Waals surface area contributed by atoms with Gasteiger partial charge in [0.25, 0.3) is 5.91 Å². The molecule has 3 aromatic rings. The number of benzene rings is 2. The number of hydrogen-bond donors (Lipinski definition) is 1. The number of carbonyl (C=O) groups excluding carboxylic acids is 1. The molecule has 0 radical (unpaired) electrons. The molecule has 5 nitrogen and oxygen atoms in total. The molecule has 1 aliphatic heterocycles. The molecular formula is C23H23FN2O3S2. The second-order valence-corrected chi connectivity index (χ2v) is 10.4. The summed E-state index contributed by atoms with van der Waals surface area (Å²) in [4.78, 5) is 15.9. The van der Waals surface area contributed by atoms with E-state index >= 15 is 0 Å². The number of sulfonamides is 1. The van der Waals surface area contributed by atoms with Crippen LogP contribution in [0, 0.1) is 5.82 Å². The van der Waals surface area contributed by atoms with Crippen LogP contribution in [0.5, 0.6) is 0 Å². The van der Waals surface area contributed by atoms with Gasteiger partial charge in [-0.15, -0.1) is 11.3 Å². The number of rotatable bonds is 7. The summed E-state index contributed by atoms with van der Waals surface area (Å²) >= 11 is 1.47. The van der Waals surface area contributed by atoms with Gasteiger partial charge >= 0.3 is 0 Å². The highest BCUT2D eigenvalue weighted by atomic mass is 32.2. The summed E-state index contributed by atoms with van der Waals surface area (Å²) < 4.78 is 41.5. The molecule has 8 heteroatoms. The fraction of sp³-hybridized carbons (Fsp3) is 0.261. The molecular weight excluding hydrogens is 435 g/mol. The second-order valence-electron chi connectivity index (χ2n) is 7.56. The zero-order valence-corrected chi connectivity index (χ0v) is 18.5. The van der Waals surface area contributed by atoms with E-state index in [9.17, 15) is 17.6 Å². The van der Waals surface area contributed by atoms with Crippen molar-refractivity contribution in [3.8, 4) is 0 Å². The average Bonchev–Trinajstić information content (AvgIpc) is 3.44. The number of nitrogens with zero attached hydrogens (tertiary/aromatic N) is 1. The fourth-order valence-corrected chi connectivity index (χ4v) is 5.66. The summed E-state index contributed by atoms with van der Waals surface area (Å²) in [6.45, 7) is 0.812. The molecule has 1 saturated heterocycles. The van der Waals surface area contributed by atoms with E-state index in [0.29, 0.717) is 18.5 Å². The van der Waals surface area contributed by atoms with Crippen molar-refractivity contribution in [1.82, 2.24) is 9.62 Å². The highest BCUT2D eigenvalue weighted by Gasteiger charge is 2.30. The Balaban J connectivity index is 1.49. The maximum Gasteiger partial charge on any atom is 0.254 e. The summed E-state index contributed by atoms with van der Waals surface area (Å²) in [5, 5.41) is 1.89. The highest BCUT2D eigenvalue weighted by Crippen LogP contribution is 2.24. The van der Waals surface area contributed by atoms with E-state index < -0.39 is 10.0 Å². The predicted molar refractivity (Wildman–Crippen MR) is 119 cm³/mol. The lowest BCUT2D eigenvalue weighted by molar-refractivity contribution is 0.0736. The lowest BCUT2D eigenvalue weighted by atomic mass is 10.0. The van der Waals surface area contributed by atoms with E-state index in [-0.39, 0.29) is 29.2 Å². The Morgan fingerprint density at radius 2 is 1.97 bits per heavy atom. The van der Waals surface area contributed by atoms with E-state index in [1.165, 1.54) is 35.6 Å². The number of likely N-dealkylation sites (tertiary alicyclic amines) is 1. The Morgan fingerprint density at radius 3 is 2.74 bits per heavy atom. The van der Waals surface area contributed by atoms with Crippen LogP contribution in [0.1, 0.15) is 33.6 Å². The van der Waals surface area contributed by atoms with E-state index in [2.05, 4.69) is 4.72 Å². The predicted octanol–water partition coefficient (Wildman–Crippen LogP) is 4.21. The highest BCUT2D eigenvalue weighted by molar-refractivity contribution is 7.89. The van der Waals surface area contributed by atoms with Crippen LogP contribution in [-0.2, 0) is 23.0 Å². The molecule has 1 N–H and O–H groups in total. The van der Waals surface area contributed by atoms with Crippen LogP contribution >= 0.6 is 11.3 Å². The smallest absolute Gasteiger partial charge is 0.254 e. The number of halogens is 1. The summed E-state index contributed by atoms with van der Waals surface area (Å²) in [7, 11) is -3.74. The number of thiophene rings is 1. The monoisotopic (exact) mass is 458 g/mol. The fourth-order valence-electron chi connectivity index (χ4n) is 3.88. The van der Waals surface area contributed by atoms with Crippen molar-refractivity contribution in [2.24, 2.45) is 0 Å². The third-order valence-corrected chi connectivity index (χ3v) is 7.68. The van der Waals surface area contributed by atoms with Gasteiger partial charge < -0.3 is 4.90 Å². The van der Waals surface area contributed by atoms with Gasteiger partial charge in [-0.3, -0.25) is 4.79 Å². The lowest BCUT2D eigenvalue weighted by Gasteiger charge is -2.25. The molecule has 1 amide bonds. The van der Waals surface area contributed by atoms with Gasteiger partial charge in [0.1, 0.15) is 5.82 Å². The van der Waals surface area contributed by atoms with E-state index in [4.69, 9.17) is 0 Å². The molecule has 162 valence electrons. The summed E-state index contributed by atoms with van der Waals surface area (Å²) in [5.74, 6) is -0.490. The van der Waals surface area contributed by atoms with E-state index in [0.717, 1.165) is 23.3 Å². The minimum Gasteiger partial charge on any atom is -0.335 e. The minimum atomic E-state index is -3.74. The minimum absolute atomic E-state index is 0.0356. The van der Waals surface area contributed by atoms with Crippen molar-refractivity contribution in [3.05, 3.63) is 87.9 Å². The van der Waals surface area contributed by atoms with Crippen molar-refractivity contribution >= 4 is 27.3 Å². The van der Waals surface area contributed by atoms with Gasteiger partial charge in [-0.1, -0.05) is 24.3 Å². The van der Waals surface area contributed by atoms with Crippen LogP contribution in [0.25, 0.3) is 0 Å². The Bertz CT molecular complexity index is 1160. The van der Waals surface area contributed by atoms with Crippen molar-refractivity contribution < 1.29 is 17.6 Å². The molecule has 2 heterocycles. The molecule has 0 bridgehead atoms. The maximum absolute atomic E-state index is 13.5. The first kappa shape index (κ1) is 21.7. The zero-order valence-electron chi connectivity index (χ0n) is 16.8. The molecule has 2 aromatic carbocycles. The third kappa shape index (κ3) is 5.20. The second kappa shape index (κ2) is 9.30. The van der Waals surface area contributed by atoms with Crippen LogP contribution in [0.2, 0.25) is 0 Å². The Hall–Kier alpha value is -2.55. The number of nitrogens with one attached hydrogen (secondary N) is 1. The van der Waals surface area contributed by atoms with Gasteiger partial charge in [-0.25, -0.2) is 17.5 Å². The van der Waals surface area contributed by atoms with Gasteiger partial charge in [-0.2, -0.15) is 0 Å². The SMILES string of the molecule is O=C(c1cccc(S(=O)(=O)NCc2cccs2)c1)N1CCCC1Cc1cccc(F)c1. The first-order valence-corrected chi connectivity index (χ1v) is 12.5. The normalized spacial score (nSPS) is 16.5. The van der Waals surface area contributed by atoms with Crippen molar-refractivity contribution in [1.29, 1.82) is 0 Å². The van der Waals surface area contributed by atoms with Crippen LogP contribution in [0.4, 0.5) is 4.39 Å². The molecule has 0 aliphatic carbocycles. The molecule has 1 aromatic heterocycles. The van der Waals surface area contributed by atoms with Gasteiger partial charge in [0, 0.05) is 29.6 Å². The quantitative estimate of drug-likeness (QED) is 0.577. The van der Waals surface area contributed by atoms with Gasteiger partial charge in [0.05, 0.1) is 4.90 Å². The largest absolute Gasteiger partial charge is 0.335 e. The molecule has 0 saturated carbocycles. The zero-order chi connectivity index (χ0) is 21.8. The molecule has 0 spiro atoms. The molecule has 1 unspecified atom stereocenters. The number of carbonyl (C=O) groups is 1. The van der Waals surface area contributed by atoms with Crippen molar-refractivity contribution in [2.45, 2.75) is 36.7 Å². The first-order chi connectivity index (χ1) is 14.9. The summed E-state index contributed by atoms with van der Waals surface area (Å²) in [6.07, 6.45) is 2.28.